The summed E-state index contributed by atoms with van der Waals surface area (Å²) in [6, 6.07) is 0.681. The molecule has 1 rings (SSSR count). The van der Waals surface area contributed by atoms with Crippen molar-refractivity contribution in [1.82, 2.24) is 4.90 Å². The Balaban J connectivity index is 2.36. The van der Waals surface area contributed by atoms with E-state index in [0.717, 1.165) is 31.4 Å². The molecule has 0 aromatic rings. The fourth-order valence-electron chi connectivity index (χ4n) is 1.55. The van der Waals surface area contributed by atoms with E-state index in [1.807, 2.05) is 0 Å². The molecular formula is C8H16N2O. The molecule has 1 N–H and O–H groups in total. The molecule has 0 amide bonds. The topological polar surface area (TPSA) is 35.8 Å². The molecule has 0 unspecified atom stereocenters. The molecule has 64 valence electrons. The van der Waals surface area contributed by atoms with E-state index < -0.39 is 0 Å². The normalized spacial score (nSPS) is 25.7. The van der Waals surface area contributed by atoms with Gasteiger partial charge in [0.1, 0.15) is 0 Å². The Morgan fingerprint density at radius 3 is 2.27 bits per heavy atom. The first kappa shape index (κ1) is 8.53. The molecule has 0 radical (unpaired) electrons. The van der Waals surface area contributed by atoms with E-state index in [9.17, 15) is 0 Å². The Morgan fingerprint density at radius 2 is 1.91 bits per heavy atom. The predicted molar refractivity (Wildman–Crippen MR) is 45.2 cm³/mol. The molecule has 3 heteroatoms. The summed E-state index contributed by atoms with van der Waals surface area (Å²) < 4.78 is 0. The van der Waals surface area contributed by atoms with Crippen LogP contribution < -0.4 is 0 Å². The highest BCUT2D eigenvalue weighted by Crippen LogP contribution is 2.18. The van der Waals surface area contributed by atoms with E-state index in [4.69, 9.17) is 5.21 Å². The number of hydrogen-bond donors (Lipinski definition) is 1. The van der Waals surface area contributed by atoms with Gasteiger partial charge in [-0.1, -0.05) is 5.16 Å². The van der Waals surface area contributed by atoms with Crippen LogP contribution in [0.15, 0.2) is 5.16 Å². The first-order valence-electron chi connectivity index (χ1n) is 4.10. The van der Waals surface area contributed by atoms with E-state index in [1.165, 1.54) is 0 Å². The maximum Gasteiger partial charge on any atom is 0.0572 e. The molecule has 1 aliphatic rings. The summed E-state index contributed by atoms with van der Waals surface area (Å²) in [6.45, 7) is 0. The number of hydrogen-bond acceptors (Lipinski definition) is 3. The summed E-state index contributed by atoms with van der Waals surface area (Å²) in [5.74, 6) is 0. The van der Waals surface area contributed by atoms with Crippen molar-refractivity contribution in [3.8, 4) is 0 Å². The van der Waals surface area contributed by atoms with Gasteiger partial charge in [0.05, 0.1) is 5.71 Å². The molecule has 1 saturated carbocycles. The molecule has 0 saturated heterocycles. The SMILES string of the molecule is CN(C)C1CCC(=NO)CC1. The van der Waals surface area contributed by atoms with Crippen LogP contribution in [0.25, 0.3) is 0 Å². The molecule has 11 heavy (non-hydrogen) atoms. The van der Waals surface area contributed by atoms with E-state index in [0.29, 0.717) is 6.04 Å². The average Bonchev–Trinajstić information content (AvgIpc) is 2.05. The second kappa shape index (κ2) is 3.72. The van der Waals surface area contributed by atoms with Gasteiger partial charge in [-0.25, -0.2) is 0 Å². The lowest BCUT2D eigenvalue weighted by Crippen LogP contribution is -2.32. The minimum absolute atomic E-state index is 0.681. The Kier molecular flexibility index (Phi) is 2.88. The molecule has 1 aliphatic carbocycles. The van der Waals surface area contributed by atoms with Gasteiger partial charge in [-0.15, -0.1) is 0 Å². The summed E-state index contributed by atoms with van der Waals surface area (Å²) in [7, 11) is 4.21. The zero-order valence-electron chi connectivity index (χ0n) is 7.25. The van der Waals surface area contributed by atoms with E-state index in [1.54, 1.807) is 0 Å². The average molecular weight is 156 g/mol. The van der Waals surface area contributed by atoms with Crippen molar-refractivity contribution in [2.45, 2.75) is 31.7 Å². The molecule has 0 aromatic heterocycles. The van der Waals surface area contributed by atoms with Crippen LogP contribution in [0.3, 0.4) is 0 Å². The van der Waals surface area contributed by atoms with Crippen molar-refractivity contribution < 1.29 is 5.21 Å². The summed E-state index contributed by atoms with van der Waals surface area (Å²) in [4.78, 5) is 2.24. The van der Waals surface area contributed by atoms with Crippen molar-refractivity contribution in [3.63, 3.8) is 0 Å². The fourth-order valence-corrected chi connectivity index (χ4v) is 1.55. The van der Waals surface area contributed by atoms with E-state index in [-0.39, 0.29) is 0 Å². The second-order valence-corrected chi connectivity index (χ2v) is 3.36. The molecule has 0 atom stereocenters. The van der Waals surface area contributed by atoms with Crippen molar-refractivity contribution >= 4 is 5.71 Å². The fraction of sp³-hybridized carbons (Fsp3) is 0.875. The summed E-state index contributed by atoms with van der Waals surface area (Å²) in [5.41, 5.74) is 0.961. The van der Waals surface area contributed by atoms with Crippen molar-refractivity contribution in [2.24, 2.45) is 5.16 Å². The maximum atomic E-state index is 8.49. The van der Waals surface area contributed by atoms with Gasteiger partial charge in [0, 0.05) is 6.04 Å². The first-order chi connectivity index (χ1) is 5.24. The Labute approximate surface area is 67.7 Å². The minimum atomic E-state index is 0.681. The van der Waals surface area contributed by atoms with Gasteiger partial charge in [-0.2, -0.15) is 0 Å². The molecule has 3 nitrogen and oxygen atoms in total. The van der Waals surface area contributed by atoms with Crippen molar-refractivity contribution in [1.29, 1.82) is 0 Å². The third-order valence-electron chi connectivity index (χ3n) is 2.40. The molecular weight excluding hydrogens is 140 g/mol. The highest BCUT2D eigenvalue weighted by Gasteiger charge is 2.18. The first-order valence-corrected chi connectivity index (χ1v) is 4.10. The standard InChI is InChI=1S/C8H16N2O/c1-10(2)8-5-3-7(9-11)4-6-8/h8,11H,3-6H2,1-2H3. The van der Waals surface area contributed by atoms with Crippen LogP contribution in [0.4, 0.5) is 0 Å². The summed E-state index contributed by atoms with van der Waals surface area (Å²) in [5, 5.41) is 11.7. The Bertz CT molecular complexity index is 144. The van der Waals surface area contributed by atoms with Gasteiger partial charge in [0.2, 0.25) is 0 Å². The van der Waals surface area contributed by atoms with Crippen LogP contribution in [0.5, 0.6) is 0 Å². The number of nitrogens with zero attached hydrogens (tertiary/aromatic N) is 2. The Morgan fingerprint density at radius 1 is 1.36 bits per heavy atom. The van der Waals surface area contributed by atoms with Crippen LogP contribution in [0.1, 0.15) is 25.7 Å². The van der Waals surface area contributed by atoms with Crippen molar-refractivity contribution in [2.75, 3.05) is 14.1 Å². The third kappa shape index (κ3) is 2.19. The summed E-state index contributed by atoms with van der Waals surface area (Å²) >= 11 is 0. The maximum absolute atomic E-state index is 8.49. The Hall–Kier alpha value is -0.570. The summed E-state index contributed by atoms with van der Waals surface area (Å²) in [6.07, 6.45) is 4.18. The highest BCUT2D eigenvalue weighted by atomic mass is 16.4. The zero-order chi connectivity index (χ0) is 8.27. The molecule has 0 aliphatic heterocycles. The quantitative estimate of drug-likeness (QED) is 0.459. The van der Waals surface area contributed by atoms with Gasteiger partial charge in [0.15, 0.2) is 0 Å². The van der Waals surface area contributed by atoms with E-state index in [2.05, 4.69) is 24.2 Å². The smallest absolute Gasteiger partial charge is 0.0572 e. The van der Waals surface area contributed by atoms with Gasteiger partial charge >= 0.3 is 0 Å². The lowest BCUT2D eigenvalue weighted by molar-refractivity contribution is 0.254. The molecule has 0 spiro atoms. The minimum Gasteiger partial charge on any atom is -0.411 e. The van der Waals surface area contributed by atoms with Gasteiger partial charge in [-0.3, -0.25) is 0 Å². The van der Waals surface area contributed by atoms with Crippen LogP contribution in [0, 0.1) is 0 Å². The number of oxime groups is 1. The van der Waals surface area contributed by atoms with Crippen LogP contribution in [0.2, 0.25) is 0 Å². The van der Waals surface area contributed by atoms with Crippen LogP contribution in [-0.4, -0.2) is 36.0 Å². The molecule has 0 aromatic carbocycles. The van der Waals surface area contributed by atoms with Gasteiger partial charge in [-0.05, 0) is 39.8 Å². The lowest BCUT2D eigenvalue weighted by Gasteiger charge is -2.28. The third-order valence-corrected chi connectivity index (χ3v) is 2.40. The van der Waals surface area contributed by atoms with Gasteiger partial charge in [0.25, 0.3) is 0 Å². The molecule has 0 bridgehead atoms. The van der Waals surface area contributed by atoms with Crippen molar-refractivity contribution in [3.05, 3.63) is 0 Å². The van der Waals surface area contributed by atoms with Crippen LogP contribution >= 0.6 is 0 Å². The number of rotatable bonds is 1. The lowest BCUT2D eigenvalue weighted by atomic mass is 9.93. The predicted octanol–water partition coefficient (Wildman–Crippen LogP) is 1.32. The second-order valence-electron chi connectivity index (χ2n) is 3.36. The molecule has 1 fully saturated rings. The molecule has 0 heterocycles. The highest BCUT2D eigenvalue weighted by molar-refractivity contribution is 5.84. The largest absolute Gasteiger partial charge is 0.411 e. The monoisotopic (exact) mass is 156 g/mol. The van der Waals surface area contributed by atoms with Crippen LogP contribution in [-0.2, 0) is 0 Å². The van der Waals surface area contributed by atoms with Gasteiger partial charge < -0.3 is 10.1 Å². The zero-order valence-corrected chi connectivity index (χ0v) is 7.25. The van der Waals surface area contributed by atoms with E-state index >= 15 is 0 Å².